The van der Waals surface area contributed by atoms with Gasteiger partial charge in [-0.05, 0) is 38.5 Å². The summed E-state index contributed by atoms with van der Waals surface area (Å²) >= 11 is 0. The Morgan fingerprint density at radius 2 is 1.79 bits per heavy atom. The molecule has 0 radical (unpaired) electrons. The van der Waals surface area contributed by atoms with Crippen molar-refractivity contribution in [1.29, 1.82) is 0 Å². The van der Waals surface area contributed by atoms with E-state index in [1.54, 1.807) is 4.68 Å². The van der Waals surface area contributed by atoms with E-state index in [-0.39, 0.29) is 12.6 Å². The van der Waals surface area contributed by atoms with Crippen molar-refractivity contribution in [2.24, 2.45) is 0 Å². The number of aryl methyl sites for hydroxylation is 2. The Bertz CT molecular complexity index is 867. The predicted octanol–water partition coefficient (Wildman–Crippen LogP) is 4.15. The van der Waals surface area contributed by atoms with Gasteiger partial charge in [0.05, 0.1) is 17.1 Å². The summed E-state index contributed by atoms with van der Waals surface area (Å²) in [7, 11) is 0. The molecule has 0 amide bonds. The van der Waals surface area contributed by atoms with Crippen molar-refractivity contribution in [3.05, 3.63) is 82.7 Å². The molecule has 24 heavy (non-hydrogen) atoms. The number of aromatic nitrogens is 2. The Morgan fingerprint density at radius 3 is 2.50 bits per heavy atom. The molecule has 122 valence electrons. The Morgan fingerprint density at radius 1 is 1.04 bits per heavy atom. The van der Waals surface area contributed by atoms with Crippen LogP contribution in [0.1, 0.15) is 32.9 Å². The Hall–Kier alpha value is -2.88. The van der Waals surface area contributed by atoms with Gasteiger partial charge in [-0.2, -0.15) is 5.10 Å². The zero-order valence-corrected chi connectivity index (χ0v) is 14.1. The SMILES string of the molecule is Cc1cccc(COC(=O)c2c(C)nn(-c3ccccc3)c2C)c1. The number of carbonyl (C=O) groups is 1. The van der Waals surface area contributed by atoms with Crippen molar-refractivity contribution in [3.63, 3.8) is 0 Å². The minimum absolute atomic E-state index is 0.260. The van der Waals surface area contributed by atoms with E-state index >= 15 is 0 Å². The molecule has 0 atom stereocenters. The summed E-state index contributed by atoms with van der Waals surface area (Å²) in [5.41, 5.74) is 5.04. The van der Waals surface area contributed by atoms with Crippen LogP contribution in [0.3, 0.4) is 0 Å². The number of nitrogens with zero attached hydrogens (tertiary/aromatic N) is 2. The molecule has 0 bridgehead atoms. The third kappa shape index (κ3) is 3.23. The number of rotatable bonds is 4. The van der Waals surface area contributed by atoms with Crippen molar-refractivity contribution >= 4 is 5.97 Å². The lowest BCUT2D eigenvalue weighted by Crippen LogP contribution is -2.08. The second-order valence-electron chi connectivity index (χ2n) is 5.86. The third-order valence-electron chi connectivity index (χ3n) is 3.95. The van der Waals surface area contributed by atoms with E-state index in [2.05, 4.69) is 5.10 Å². The zero-order chi connectivity index (χ0) is 17.1. The molecule has 4 nitrogen and oxygen atoms in total. The van der Waals surface area contributed by atoms with Gasteiger partial charge in [-0.3, -0.25) is 0 Å². The van der Waals surface area contributed by atoms with Crippen molar-refractivity contribution < 1.29 is 9.53 Å². The highest BCUT2D eigenvalue weighted by Gasteiger charge is 2.20. The molecule has 0 N–H and O–H groups in total. The predicted molar refractivity (Wildman–Crippen MR) is 93.3 cm³/mol. The Balaban J connectivity index is 1.82. The quantitative estimate of drug-likeness (QED) is 0.678. The Labute approximate surface area is 141 Å². The summed E-state index contributed by atoms with van der Waals surface area (Å²) in [6.45, 7) is 5.99. The summed E-state index contributed by atoms with van der Waals surface area (Å²) in [6.07, 6.45) is 0. The van der Waals surface area contributed by atoms with E-state index in [4.69, 9.17) is 4.74 Å². The van der Waals surface area contributed by atoms with Crippen LogP contribution in [0.4, 0.5) is 0 Å². The second kappa shape index (κ2) is 6.71. The lowest BCUT2D eigenvalue weighted by Gasteiger charge is -2.07. The maximum absolute atomic E-state index is 12.5. The fourth-order valence-corrected chi connectivity index (χ4v) is 2.78. The molecule has 2 aromatic carbocycles. The van der Waals surface area contributed by atoms with Crippen LogP contribution in [-0.4, -0.2) is 15.7 Å². The van der Waals surface area contributed by atoms with Crippen molar-refractivity contribution in [2.45, 2.75) is 27.4 Å². The number of para-hydroxylation sites is 1. The van der Waals surface area contributed by atoms with Crippen LogP contribution in [0.2, 0.25) is 0 Å². The number of esters is 1. The molecule has 3 aromatic rings. The first-order valence-corrected chi connectivity index (χ1v) is 7.90. The molecule has 0 saturated carbocycles. The van der Waals surface area contributed by atoms with E-state index in [1.807, 2.05) is 75.4 Å². The first-order valence-electron chi connectivity index (χ1n) is 7.90. The maximum Gasteiger partial charge on any atom is 0.342 e. The summed E-state index contributed by atoms with van der Waals surface area (Å²) < 4.78 is 7.26. The highest BCUT2D eigenvalue weighted by Crippen LogP contribution is 2.19. The summed E-state index contributed by atoms with van der Waals surface area (Å²) in [5.74, 6) is -0.339. The second-order valence-corrected chi connectivity index (χ2v) is 5.86. The van der Waals surface area contributed by atoms with Gasteiger partial charge in [0.15, 0.2) is 0 Å². The van der Waals surface area contributed by atoms with E-state index in [0.717, 1.165) is 22.5 Å². The smallest absolute Gasteiger partial charge is 0.342 e. The average Bonchev–Trinajstić information content (AvgIpc) is 2.88. The number of ether oxygens (including phenoxy) is 1. The first kappa shape index (κ1) is 16.0. The fraction of sp³-hybridized carbons (Fsp3) is 0.200. The van der Waals surface area contributed by atoms with E-state index < -0.39 is 0 Å². The molecule has 0 aliphatic heterocycles. The normalized spacial score (nSPS) is 10.6. The van der Waals surface area contributed by atoms with Crippen LogP contribution >= 0.6 is 0 Å². The highest BCUT2D eigenvalue weighted by atomic mass is 16.5. The van der Waals surface area contributed by atoms with Crippen LogP contribution < -0.4 is 0 Å². The fourth-order valence-electron chi connectivity index (χ4n) is 2.78. The molecule has 0 aliphatic carbocycles. The van der Waals surface area contributed by atoms with Crippen molar-refractivity contribution in [1.82, 2.24) is 9.78 Å². The summed E-state index contributed by atoms with van der Waals surface area (Å²) in [4.78, 5) is 12.5. The van der Waals surface area contributed by atoms with Crippen LogP contribution in [0.5, 0.6) is 0 Å². The van der Waals surface area contributed by atoms with Crippen LogP contribution in [0, 0.1) is 20.8 Å². The standard InChI is InChI=1S/C20H20N2O2/c1-14-8-7-9-17(12-14)13-24-20(23)19-15(2)21-22(16(19)3)18-10-5-4-6-11-18/h4-12H,13H2,1-3H3. The van der Waals surface area contributed by atoms with E-state index in [1.165, 1.54) is 0 Å². The molecule has 0 spiro atoms. The molecule has 1 heterocycles. The molecule has 0 fully saturated rings. The lowest BCUT2D eigenvalue weighted by molar-refractivity contribution is 0.0471. The molecule has 1 aromatic heterocycles. The van der Waals surface area contributed by atoms with Gasteiger partial charge >= 0.3 is 5.97 Å². The highest BCUT2D eigenvalue weighted by molar-refractivity contribution is 5.92. The Kier molecular flexibility index (Phi) is 4.47. The van der Waals surface area contributed by atoms with Gasteiger partial charge in [0, 0.05) is 0 Å². The number of hydrogen-bond donors (Lipinski definition) is 0. The van der Waals surface area contributed by atoms with Gasteiger partial charge in [0.1, 0.15) is 12.2 Å². The molecule has 3 rings (SSSR count). The van der Waals surface area contributed by atoms with Gasteiger partial charge in [0.2, 0.25) is 0 Å². The minimum atomic E-state index is -0.339. The molecular formula is C20H20N2O2. The lowest BCUT2D eigenvalue weighted by atomic mass is 10.1. The summed E-state index contributed by atoms with van der Waals surface area (Å²) in [6, 6.07) is 17.7. The molecule has 4 heteroatoms. The largest absolute Gasteiger partial charge is 0.457 e. The third-order valence-corrected chi connectivity index (χ3v) is 3.95. The first-order chi connectivity index (χ1) is 11.6. The zero-order valence-electron chi connectivity index (χ0n) is 14.1. The van der Waals surface area contributed by atoms with Crippen molar-refractivity contribution in [3.8, 4) is 5.69 Å². The minimum Gasteiger partial charge on any atom is -0.457 e. The maximum atomic E-state index is 12.5. The van der Waals surface area contributed by atoms with Crippen LogP contribution in [0.25, 0.3) is 5.69 Å². The van der Waals surface area contributed by atoms with E-state index in [0.29, 0.717) is 11.3 Å². The van der Waals surface area contributed by atoms with Gasteiger partial charge in [-0.25, -0.2) is 9.48 Å². The van der Waals surface area contributed by atoms with Gasteiger partial charge < -0.3 is 4.74 Å². The average molecular weight is 320 g/mol. The molecule has 0 unspecified atom stereocenters. The monoisotopic (exact) mass is 320 g/mol. The number of hydrogen-bond acceptors (Lipinski definition) is 3. The molecule has 0 saturated heterocycles. The van der Waals surface area contributed by atoms with Crippen LogP contribution in [-0.2, 0) is 11.3 Å². The number of carbonyl (C=O) groups excluding carboxylic acids is 1. The van der Waals surface area contributed by atoms with E-state index in [9.17, 15) is 4.79 Å². The van der Waals surface area contributed by atoms with Crippen molar-refractivity contribution in [2.75, 3.05) is 0 Å². The van der Waals surface area contributed by atoms with Gasteiger partial charge in [-0.15, -0.1) is 0 Å². The van der Waals surface area contributed by atoms with Gasteiger partial charge in [-0.1, -0.05) is 48.0 Å². The number of benzene rings is 2. The summed E-state index contributed by atoms with van der Waals surface area (Å²) in [5, 5.41) is 4.49. The molecular weight excluding hydrogens is 300 g/mol. The van der Waals surface area contributed by atoms with Gasteiger partial charge in [0.25, 0.3) is 0 Å². The molecule has 0 aliphatic rings. The topological polar surface area (TPSA) is 44.1 Å². The van der Waals surface area contributed by atoms with Crippen LogP contribution in [0.15, 0.2) is 54.6 Å².